The number of nitrogens with zero attached hydrogens (tertiary/aromatic N) is 3. The lowest BCUT2D eigenvalue weighted by molar-refractivity contribution is 0.0899. The second-order valence-electron chi connectivity index (χ2n) is 9.59. The van der Waals surface area contributed by atoms with Gasteiger partial charge in [-0.15, -0.1) is 24.8 Å². The van der Waals surface area contributed by atoms with Gasteiger partial charge in [-0.3, -0.25) is 4.79 Å². The fraction of sp³-hybridized carbons (Fsp3) is 0.667. The molecule has 0 saturated heterocycles. The van der Waals surface area contributed by atoms with Gasteiger partial charge in [0.1, 0.15) is 0 Å². The maximum atomic E-state index is 13.3. The zero-order valence-corrected chi connectivity index (χ0v) is 19.5. The van der Waals surface area contributed by atoms with Gasteiger partial charge in [0.15, 0.2) is 5.65 Å². The van der Waals surface area contributed by atoms with Crippen molar-refractivity contribution in [3.63, 3.8) is 0 Å². The number of amides is 1. The first kappa shape index (κ1) is 23.9. The van der Waals surface area contributed by atoms with Crippen molar-refractivity contribution < 1.29 is 4.79 Å². The fourth-order valence-electron chi connectivity index (χ4n) is 3.91. The topological polar surface area (TPSA) is 85.8 Å². The minimum Gasteiger partial charge on any atom is -0.345 e. The Hall–Kier alpha value is -1.37. The molecular weight excluding hydrogens is 409 g/mol. The third kappa shape index (κ3) is 4.39. The third-order valence-electron chi connectivity index (χ3n) is 6.01. The average Bonchev–Trinajstić information content (AvgIpc) is 3.49. The van der Waals surface area contributed by atoms with Crippen molar-refractivity contribution in [1.82, 2.24) is 20.1 Å². The van der Waals surface area contributed by atoms with Crippen LogP contribution >= 0.6 is 24.8 Å². The highest BCUT2D eigenvalue weighted by atomic mass is 35.5. The van der Waals surface area contributed by atoms with Gasteiger partial charge in [-0.05, 0) is 72.3 Å². The molecule has 0 aromatic carbocycles. The predicted molar refractivity (Wildman–Crippen MR) is 121 cm³/mol. The highest BCUT2D eigenvalue weighted by Crippen LogP contribution is 2.42. The van der Waals surface area contributed by atoms with Crippen molar-refractivity contribution in [2.24, 2.45) is 11.7 Å². The van der Waals surface area contributed by atoms with Crippen LogP contribution in [0.2, 0.25) is 0 Å². The maximum Gasteiger partial charge on any atom is 0.252 e. The van der Waals surface area contributed by atoms with Gasteiger partial charge in [0, 0.05) is 18.2 Å². The number of hydrogen-bond donors (Lipinski definition) is 2. The molecule has 2 aliphatic rings. The summed E-state index contributed by atoms with van der Waals surface area (Å²) >= 11 is 0. The van der Waals surface area contributed by atoms with E-state index in [4.69, 9.17) is 15.8 Å². The largest absolute Gasteiger partial charge is 0.345 e. The normalized spacial score (nSPS) is 18.6. The molecule has 0 bridgehead atoms. The van der Waals surface area contributed by atoms with Gasteiger partial charge in [0.25, 0.3) is 5.91 Å². The second-order valence-corrected chi connectivity index (χ2v) is 9.59. The number of carbonyl (C=O) groups is 1. The predicted octanol–water partition coefficient (Wildman–Crippen LogP) is 4.07. The van der Waals surface area contributed by atoms with Crippen LogP contribution in [0.3, 0.4) is 0 Å². The third-order valence-corrected chi connectivity index (χ3v) is 6.01. The van der Waals surface area contributed by atoms with Gasteiger partial charge in [0.2, 0.25) is 0 Å². The SMILES string of the molecule is Cc1nn(C(C)(C)C)c2nc(C3CC3)cc(C(=O)NC(C)(CN)C3CC3)c12.Cl.Cl. The van der Waals surface area contributed by atoms with Crippen LogP contribution in [0.5, 0.6) is 0 Å². The molecule has 1 amide bonds. The fourth-order valence-corrected chi connectivity index (χ4v) is 3.91. The Morgan fingerprint density at radius 3 is 2.31 bits per heavy atom. The molecule has 29 heavy (non-hydrogen) atoms. The van der Waals surface area contributed by atoms with E-state index in [1.807, 2.05) is 17.7 Å². The van der Waals surface area contributed by atoms with E-state index in [-0.39, 0.29) is 41.8 Å². The van der Waals surface area contributed by atoms with Crippen LogP contribution in [0.1, 0.15) is 81.0 Å². The Labute approximate surface area is 185 Å². The summed E-state index contributed by atoms with van der Waals surface area (Å²) in [6.45, 7) is 10.8. The van der Waals surface area contributed by atoms with Crippen LogP contribution in [0.15, 0.2) is 6.07 Å². The number of fused-ring (bicyclic) bond motifs is 1. The van der Waals surface area contributed by atoms with Gasteiger partial charge >= 0.3 is 0 Å². The van der Waals surface area contributed by atoms with Crippen LogP contribution in [0.25, 0.3) is 11.0 Å². The van der Waals surface area contributed by atoms with E-state index in [1.165, 1.54) is 0 Å². The zero-order valence-electron chi connectivity index (χ0n) is 17.9. The van der Waals surface area contributed by atoms with Crippen molar-refractivity contribution in [3.8, 4) is 0 Å². The van der Waals surface area contributed by atoms with E-state index in [0.717, 1.165) is 48.1 Å². The molecule has 2 aliphatic carbocycles. The lowest BCUT2D eigenvalue weighted by Gasteiger charge is -2.29. The molecule has 2 heterocycles. The Bertz CT molecular complexity index is 912. The standard InChI is InChI=1S/C21H31N5O.2ClH/c1-12-17-15(19(27)24-21(5,11-22)14-8-9-14)10-16(13-6-7-13)23-18(17)26(25-12)20(2,3)4;;/h10,13-14H,6-9,11,22H2,1-5H3,(H,24,27);2*1H. The lowest BCUT2D eigenvalue weighted by atomic mass is 9.95. The molecule has 0 aliphatic heterocycles. The minimum absolute atomic E-state index is 0. The first-order valence-corrected chi connectivity index (χ1v) is 10.1. The summed E-state index contributed by atoms with van der Waals surface area (Å²) in [5.74, 6) is 0.889. The number of halogens is 2. The molecule has 1 atom stereocenters. The number of pyridine rings is 1. The molecule has 4 rings (SSSR count). The number of aromatic nitrogens is 3. The molecule has 2 aromatic heterocycles. The number of carbonyl (C=O) groups excluding carboxylic acids is 1. The monoisotopic (exact) mass is 441 g/mol. The van der Waals surface area contributed by atoms with Gasteiger partial charge in [-0.25, -0.2) is 9.67 Å². The van der Waals surface area contributed by atoms with E-state index in [0.29, 0.717) is 23.9 Å². The Morgan fingerprint density at radius 2 is 1.83 bits per heavy atom. The maximum absolute atomic E-state index is 13.3. The van der Waals surface area contributed by atoms with Crippen molar-refractivity contribution in [2.75, 3.05) is 6.54 Å². The summed E-state index contributed by atoms with van der Waals surface area (Å²) in [6, 6.07) is 1.99. The molecule has 6 nitrogen and oxygen atoms in total. The molecule has 162 valence electrons. The van der Waals surface area contributed by atoms with Crippen molar-refractivity contribution in [1.29, 1.82) is 0 Å². The summed E-state index contributed by atoms with van der Waals surface area (Å²) in [7, 11) is 0. The summed E-state index contributed by atoms with van der Waals surface area (Å²) in [5, 5.41) is 8.85. The second kappa shape index (κ2) is 8.05. The first-order valence-electron chi connectivity index (χ1n) is 10.1. The van der Waals surface area contributed by atoms with E-state index in [9.17, 15) is 4.79 Å². The highest BCUT2D eigenvalue weighted by Gasteiger charge is 2.42. The minimum atomic E-state index is -0.347. The average molecular weight is 442 g/mol. The first-order chi connectivity index (χ1) is 12.6. The Kier molecular flexibility index (Phi) is 6.63. The molecule has 0 spiro atoms. The molecular formula is C21H33Cl2N5O. The van der Waals surface area contributed by atoms with Crippen LogP contribution in [0.4, 0.5) is 0 Å². The molecule has 2 aromatic rings. The molecule has 1 unspecified atom stereocenters. The number of aryl methyl sites for hydroxylation is 1. The van der Waals surface area contributed by atoms with E-state index in [1.54, 1.807) is 0 Å². The highest BCUT2D eigenvalue weighted by molar-refractivity contribution is 6.07. The van der Waals surface area contributed by atoms with Crippen LogP contribution in [-0.2, 0) is 5.54 Å². The molecule has 0 radical (unpaired) electrons. The van der Waals surface area contributed by atoms with Gasteiger partial charge in [-0.2, -0.15) is 5.10 Å². The lowest BCUT2D eigenvalue weighted by Crippen LogP contribution is -2.53. The van der Waals surface area contributed by atoms with Crippen LogP contribution in [0, 0.1) is 12.8 Å². The van der Waals surface area contributed by atoms with Crippen LogP contribution < -0.4 is 11.1 Å². The summed E-state index contributed by atoms with van der Waals surface area (Å²) in [4.78, 5) is 18.3. The molecule has 2 fully saturated rings. The summed E-state index contributed by atoms with van der Waals surface area (Å²) < 4.78 is 1.96. The van der Waals surface area contributed by atoms with Crippen molar-refractivity contribution in [2.45, 2.75) is 77.3 Å². The van der Waals surface area contributed by atoms with E-state index in [2.05, 4.69) is 33.0 Å². The van der Waals surface area contributed by atoms with Gasteiger partial charge < -0.3 is 11.1 Å². The quantitative estimate of drug-likeness (QED) is 0.731. The zero-order chi connectivity index (χ0) is 19.6. The van der Waals surface area contributed by atoms with Gasteiger partial charge in [0.05, 0.1) is 27.7 Å². The molecule has 8 heteroatoms. The van der Waals surface area contributed by atoms with E-state index >= 15 is 0 Å². The Morgan fingerprint density at radius 1 is 1.21 bits per heavy atom. The Balaban J connectivity index is 0.00000150. The number of nitrogens with two attached hydrogens (primary N) is 1. The van der Waals surface area contributed by atoms with E-state index < -0.39 is 0 Å². The van der Waals surface area contributed by atoms with Crippen LogP contribution in [-0.4, -0.2) is 32.8 Å². The van der Waals surface area contributed by atoms with Crippen molar-refractivity contribution in [3.05, 3.63) is 23.0 Å². The summed E-state index contributed by atoms with van der Waals surface area (Å²) in [6.07, 6.45) is 4.55. The van der Waals surface area contributed by atoms with Crippen molar-refractivity contribution >= 4 is 41.8 Å². The summed E-state index contributed by atoms with van der Waals surface area (Å²) in [5.41, 5.74) is 8.84. The molecule has 2 saturated carbocycles. The number of hydrogen-bond acceptors (Lipinski definition) is 4. The number of rotatable bonds is 5. The smallest absolute Gasteiger partial charge is 0.252 e. The van der Waals surface area contributed by atoms with Gasteiger partial charge in [-0.1, -0.05) is 0 Å². The molecule has 3 N–H and O–H groups in total. The number of nitrogens with one attached hydrogen (secondary N) is 1.